The van der Waals surface area contributed by atoms with E-state index in [1.165, 1.54) is 0 Å². The topological polar surface area (TPSA) is 55.2 Å². The Balaban J connectivity index is 2.41. The molecule has 1 aromatic carbocycles. The third-order valence-corrected chi connectivity index (χ3v) is 1.68. The maximum Gasteiger partial charge on any atom is 0.220 e. The number of nitro groups is 1. The van der Waals surface area contributed by atoms with Crippen molar-refractivity contribution in [2.45, 2.75) is 0 Å². The van der Waals surface area contributed by atoms with Gasteiger partial charge in [-0.2, -0.15) is 0 Å². The molecule has 0 spiro atoms. The van der Waals surface area contributed by atoms with E-state index in [1.54, 1.807) is 18.2 Å². The lowest BCUT2D eigenvalue weighted by Crippen LogP contribution is -2.13. The molecule has 1 N–H and O–H groups in total. The van der Waals surface area contributed by atoms with Gasteiger partial charge in [-0.25, -0.2) is 0 Å². The molecule has 5 heteroatoms. The van der Waals surface area contributed by atoms with Crippen LogP contribution in [-0.2, 0) is 0 Å². The molecule has 0 aliphatic heterocycles. The summed E-state index contributed by atoms with van der Waals surface area (Å²) in [6.45, 7) is 0.222. The van der Waals surface area contributed by atoms with Gasteiger partial charge in [0, 0.05) is 15.6 Å². The summed E-state index contributed by atoms with van der Waals surface area (Å²) in [6.07, 6.45) is 0. The van der Waals surface area contributed by atoms with Crippen LogP contribution in [0.3, 0.4) is 0 Å². The molecule has 0 fully saturated rings. The number of benzene rings is 1. The third-order valence-electron chi connectivity index (χ3n) is 1.45. The fourth-order valence-electron chi connectivity index (χ4n) is 0.890. The first-order valence-electron chi connectivity index (χ1n) is 3.80. The first kappa shape index (κ1) is 9.80. The second kappa shape index (κ2) is 4.67. The van der Waals surface area contributed by atoms with E-state index in [1.807, 2.05) is 6.07 Å². The lowest BCUT2D eigenvalue weighted by molar-refractivity contribution is -0.476. The van der Waals surface area contributed by atoms with Gasteiger partial charge in [-0.3, -0.25) is 10.1 Å². The minimum Gasteiger partial charge on any atom is -0.378 e. The van der Waals surface area contributed by atoms with E-state index >= 15 is 0 Å². The van der Waals surface area contributed by atoms with Gasteiger partial charge in [0.15, 0.2) is 0 Å². The largest absolute Gasteiger partial charge is 0.378 e. The van der Waals surface area contributed by atoms with Crippen LogP contribution >= 0.6 is 11.6 Å². The second-order valence-corrected chi connectivity index (χ2v) is 2.93. The number of hydrogen-bond acceptors (Lipinski definition) is 3. The Labute approximate surface area is 80.7 Å². The van der Waals surface area contributed by atoms with Crippen LogP contribution in [0, 0.1) is 10.1 Å². The highest BCUT2D eigenvalue weighted by Gasteiger charge is 1.96. The predicted molar refractivity (Wildman–Crippen MR) is 51.8 cm³/mol. The van der Waals surface area contributed by atoms with Crippen molar-refractivity contribution in [3.05, 3.63) is 39.4 Å². The van der Waals surface area contributed by atoms with Crippen LogP contribution in [0.15, 0.2) is 24.3 Å². The number of halogens is 1. The van der Waals surface area contributed by atoms with Crippen LogP contribution in [0.2, 0.25) is 5.02 Å². The molecular formula is C8H9ClN2O2. The Bertz CT molecular complexity index is 304. The van der Waals surface area contributed by atoms with Gasteiger partial charge >= 0.3 is 0 Å². The second-order valence-electron chi connectivity index (χ2n) is 2.49. The summed E-state index contributed by atoms with van der Waals surface area (Å²) >= 11 is 5.71. The summed E-state index contributed by atoms with van der Waals surface area (Å²) in [5.74, 6) is 0. The maximum atomic E-state index is 10.00. The highest BCUT2D eigenvalue weighted by molar-refractivity contribution is 6.30. The van der Waals surface area contributed by atoms with Gasteiger partial charge in [0.25, 0.3) is 0 Å². The van der Waals surface area contributed by atoms with Gasteiger partial charge in [0.05, 0.1) is 6.54 Å². The molecule has 70 valence electrons. The molecule has 0 radical (unpaired) electrons. The molecule has 0 unspecified atom stereocenters. The van der Waals surface area contributed by atoms with E-state index in [0.29, 0.717) is 11.6 Å². The molecule has 1 aromatic rings. The van der Waals surface area contributed by atoms with Crippen molar-refractivity contribution in [1.29, 1.82) is 0 Å². The Morgan fingerprint density at radius 3 is 2.92 bits per heavy atom. The average Bonchev–Trinajstić information content (AvgIpc) is 2.03. The molecule has 1 rings (SSSR count). The normalized spacial score (nSPS) is 9.62. The highest BCUT2D eigenvalue weighted by Crippen LogP contribution is 2.14. The summed E-state index contributed by atoms with van der Waals surface area (Å²) in [7, 11) is 0. The minimum atomic E-state index is -0.364. The Hall–Kier alpha value is -1.29. The van der Waals surface area contributed by atoms with Crippen molar-refractivity contribution in [1.82, 2.24) is 0 Å². The molecule has 0 saturated carbocycles. The molecule has 0 heterocycles. The first-order chi connectivity index (χ1) is 6.18. The molecule has 0 aliphatic rings. The number of nitrogens with zero attached hydrogens (tertiary/aromatic N) is 1. The van der Waals surface area contributed by atoms with Gasteiger partial charge in [0.1, 0.15) is 0 Å². The Morgan fingerprint density at radius 2 is 2.31 bits per heavy atom. The number of rotatable bonds is 4. The summed E-state index contributed by atoms with van der Waals surface area (Å²) < 4.78 is 0. The lowest BCUT2D eigenvalue weighted by Gasteiger charge is -2.02. The summed E-state index contributed by atoms with van der Waals surface area (Å²) in [5.41, 5.74) is 0.800. The Morgan fingerprint density at radius 1 is 1.54 bits per heavy atom. The van der Waals surface area contributed by atoms with Crippen LogP contribution in [0.4, 0.5) is 5.69 Å². The quantitative estimate of drug-likeness (QED) is 0.598. The standard InChI is InChI=1S/C8H9ClN2O2/c9-7-2-1-3-8(6-7)10-4-5-11(12)13/h1-3,6,10H,4-5H2. The fraction of sp³-hybridized carbons (Fsp3) is 0.250. The molecule has 0 amide bonds. The van der Waals surface area contributed by atoms with Gasteiger partial charge in [0.2, 0.25) is 6.54 Å². The van der Waals surface area contributed by atoms with Crippen LogP contribution < -0.4 is 5.32 Å². The Kier molecular flexibility index (Phi) is 3.52. The summed E-state index contributed by atoms with van der Waals surface area (Å²) in [4.78, 5) is 9.63. The average molecular weight is 201 g/mol. The van der Waals surface area contributed by atoms with E-state index < -0.39 is 0 Å². The SMILES string of the molecule is O=[N+]([O-])CCNc1cccc(Cl)c1. The highest BCUT2D eigenvalue weighted by atomic mass is 35.5. The molecule has 0 bridgehead atoms. The molecule has 0 atom stereocenters. The van der Waals surface area contributed by atoms with Gasteiger partial charge in [-0.15, -0.1) is 0 Å². The van der Waals surface area contributed by atoms with Crippen LogP contribution in [0.5, 0.6) is 0 Å². The molecule has 0 aromatic heterocycles. The van der Waals surface area contributed by atoms with Gasteiger partial charge < -0.3 is 5.32 Å². The van der Waals surface area contributed by atoms with Crippen LogP contribution in [0.25, 0.3) is 0 Å². The zero-order chi connectivity index (χ0) is 9.68. The van der Waals surface area contributed by atoms with E-state index in [4.69, 9.17) is 11.6 Å². The fourth-order valence-corrected chi connectivity index (χ4v) is 1.08. The smallest absolute Gasteiger partial charge is 0.220 e. The molecule has 0 saturated heterocycles. The van der Waals surface area contributed by atoms with Crippen molar-refractivity contribution in [2.24, 2.45) is 0 Å². The van der Waals surface area contributed by atoms with Gasteiger partial charge in [-0.1, -0.05) is 17.7 Å². The lowest BCUT2D eigenvalue weighted by atomic mass is 10.3. The van der Waals surface area contributed by atoms with E-state index in [-0.39, 0.29) is 11.5 Å². The predicted octanol–water partition coefficient (Wildman–Crippen LogP) is 2.03. The van der Waals surface area contributed by atoms with Crippen molar-refractivity contribution in [3.8, 4) is 0 Å². The van der Waals surface area contributed by atoms with Crippen LogP contribution in [-0.4, -0.2) is 18.0 Å². The zero-order valence-corrected chi connectivity index (χ0v) is 7.62. The first-order valence-corrected chi connectivity index (χ1v) is 4.17. The van der Waals surface area contributed by atoms with E-state index in [9.17, 15) is 10.1 Å². The van der Waals surface area contributed by atoms with Crippen molar-refractivity contribution >= 4 is 17.3 Å². The molecule has 4 nitrogen and oxygen atoms in total. The monoisotopic (exact) mass is 200 g/mol. The van der Waals surface area contributed by atoms with Crippen molar-refractivity contribution in [3.63, 3.8) is 0 Å². The van der Waals surface area contributed by atoms with Crippen LogP contribution in [0.1, 0.15) is 0 Å². The zero-order valence-electron chi connectivity index (χ0n) is 6.87. The molecule has 0 aliphatic carbocycles. The molecule has 13 heavy (non-hydrogen) atoms. The number of nitrogens with one attached hydrogen (secondary N) is 1. The number of anilines is 1. The maximum absolute atomic E-state index is 10.00. The van der Waals surface area contributed by atoms with Gasteiger partial charge in [-0.05, 0) is 18.2 Å². The van der Waals surface area contributed by atoms with E-state index in [2.05, 4.69) is 5.32 Å². The van der Waals surface area contributed by atoms with E-state index in [0.717, 1.165) is 5.69 Å². The minimum absolute atomic E-state index is 0.0908. The third kappa shape index (κ3) is 3.75. The molecular weight excluding hydrogens is 192 g/mol. The number of hydrogen-bond donors (Lipinski definition) is 1. The van der Waals surface area contributed by atoms with Crippen molar-refractivity contribution < 1.29 is 4.92 Å². The summed E-state index contributed by atoms with van der Waals surface area (Å²) in [6, 6.07) is 7.07. The van der Waals surface area contributed by atoms with Crippen molar-refractivity contribution in [2.75, 3.05) is 18.4 Å². The summed E-state index contributed by atoms with van der Waals surface area (Å²) in [5, 5.41) is 13.5.